The number of piperidine rings is 1. The maximum Gasteiger partial charge on any atom is 0.225 e. The van der Waals surface area contributed by atoms with Crippen molar-refractivity contribution in [2.45, 2.75) is 84.6 Å². The molecule has 0 aromatic carbocycles. The molecule has 3 aliphatic rings. The average molecular weight is 492 g/mol. The van der Waals surface area contributed by atoms with Gasteiger partial charge in [0.25, 0.3) is 0 Å². The Labute approximate surface area is 217 Å². The molecule has 0 saturated carbocycles. The van der Waals surface area contributed by atoms with Crippen LogP contribution in [0, 0.1) is 11.3 Å². The van der Waals surface area contributed by atoms with E-state index in [-0.39, 0.29) is 0 Å². The van der Waals surface area contributed by atoms with Crippen LogP contribution < -0.4 is 9.80 Å². The third-order valence-electron chi connectivity index (χ3n) is 8.84. The minimum atomic E-state index is 0.480. The molecule has 36 heavy (non-hydrogen) atoms. The van der Waals surface area contributed by atoms with Crippen LogP contribution in [0.2, 0.25) is 0 Å². The first-order valence-corrected chi connectivity index (χ1v) is 14.2. The highest BCUT2D eigenvalue weighted by atomic mass is 15.4. The van der Waals surface area contributed by atoms with Crippen LogP contribution in [0.1, 0.15) is 89.7 Å². The molecular formula is C29H45N7. The summed E-state index contributed by atoms with van der Waals surface area (Å²) in [5.74, 6) is 3.62. The Bertz CT molecular complexity index is 966. The molecule has 0 amide bonds. The summed E-state index contributed by atoms with van der Waals surface area (Å²) in [5, 5.41) is 0. The van der Waals surface area contributed by atoms with E-state index in [1.807, 2.05) is 12.4 Å². The molecule has 3 fully saturated rings. The summed E-state index contributed by atoms with van der Waals surface area (Å²) in [6, 6.07) is 0.664. The van der Waals surface area contributed by atoms with Crippen molar-refractivity contribution in [3.63, 3.8) is 0 Å². The lowest BCUT2D eigenvalue weighted by atomic mass is 9.72. The summed E-state index contributed by atoms with van der Waals surface area (Å²) < 4.78 is 0. The minimum absolute atomic E-state index is 0.480. The first kappa shape index (κ1) is 25.4. The number of aromatic nitrogens is 4. The molecule has 0 radical (unpaired) electrons. The number of hydrogen-bond acceptors (Lipinski definition) is 7. The Morgan fingerprint density at radius 2 is 1.33 bits per heavy atom. The minimum Gasteiger partial charge on any atom is -0.341 e. The van der Waals surface area contributed by atoms with Crippen molar-refractivity contribution >= 4 is 11.9 Å². The van der Waals surface area contributed by atoms with Gasteiger partial charge in [0, 0.05) is 75.5 Å². The quantitative estimate of drug-likeness (QED) is 0.483. The van der Waals surface area contributed by atoms with Gasteiger partial charge in [0.2, 0.25) is 11.9 Å². The van der Waals surface area contributed by atoms with Crippen LogP contribution >= 0.6 is 0 Å². The van der Waals surface area contributed by atoms with Gasteiger partial charge in [-0.15, -0.1) is 0 Å². The van der Waals surface area contributed by atoms with Crippen LogP contribution in [0.4, 0.5) is 11.9 Å². The van der Waals surface area contributed by atoms with Crippen molar-refractivity contribution in [1.29, 1.82) is 0 Å². The predicted octanol–water partition coefficient (Wildman–Crippen LogP) is 5.11. The Hall–Kier alpha value is -2.28. The van der Waals surface area contributed by atoms with Crippen LogP contribution in [0.3, 0.4) is 0 Å². The molecule has 3 saturated heterocycles. The summed E-state index contributed by atoms with van der Waals surface area (Å²) in [6.07, 6.45) is 14.4. The molecule has 0 bridgehead atoms. The van der Waals surface area contributed by atoms with Gasteiger partial charge in [0.15, 0.2) is 0 Å². The van der Waals surface area contributed by atoms with Crippen molar-refractivity contribution in [1.82, 2.24) is 24.8 Å². The highest BCUT2D eigenvalue weighted by molar-refractivity contribution is 5.38. The van der Waals surface area contributed by atoms with E-state index in [2.05, 4.69) is 71.7 Å². The summed E-state index contributed by atoms with van der Waals surface area (Å²) in [7, 11) is 0. The fourth-order valence-corrected chi connectivity index (χ4v) is 6.13. The molecule has 7 nitrogen and oxygen atoms in total. The molecule has 1 atom stereocenters. The van der Waals surface area contributed by atoms with Crippen molar-refractivity contribution in [3.05, 3.63) is 35.9 Å². The van der Waals surface area contributed by atoms with Crippen LogP contribution in [0.15, 0.2) is 24.8 Å². The molecule has 7 heteroatoms. The van der Waals surface area contributed by atoms with E-state index in [9.17, 15) is 0 Å². The van der Waals surface area contributed by atoms with Crippen molar-refractivity contribution in [3.8, 4) is 0 Å². The number of rotatable bonds is 9. The summed E-state index contributed by atoms with van der Waals surface area (Å²) in [6.45, 7) is 18.1. The highest BCUT2D eigenvalue weighted by Gasteiger charge is 2.52. The van der Waals surface area contributed by atoms with Gasteiger partial charge >= 0.3 is 0 Å². The molecule has 3 aliphatic heterocycles. The maximum absolute atomic E-state index is 4.73. The first-order valence-electron chi connectivity index (χ1n) is 14.2. The zero-order valence-electron chi connectivity index (χ0n) is 23.0. The van der Waals surface area contributed by atoms with Gasteiger partial charge in [0.05, 0.1) is 0 Å². The number of hydrogen-bond donors (Lipinski definition) is 0. The molecular weight excluding hydrogens is 446 g/mol. The second kappa shape index (κ2) is 10.6. The number of anilines is 2. The summed E-state index contributed by atoms with van der Waals surface area (Å²) in [4.78, 5) is 26.0. The third-order valence-corrected chi connectivity index (χ3v) is 8.84. The second-order valence-corrected chi connectivity index (χ2v) is 12.4. The molecule has 5 rings (SSSR count). The van der Waals surface area contributed by atoms with Crippen LogP contribution in [0.25, 0.3) is 0 Å². The maximum atomic E-state index is 4.73. The number of likely N-dealkylation sites (tertiary alicyclic amines) is 1. The van der Waals surface area contributed by atoms with Gasteiger partial charge in [-0.05, 0) is 62.0 Å². The summed E-state index contributed by atoms with van der Waals surface area (Å²) in [5.41, 5.74) is 2.99. The fraction of sp³-hybridized carbons (Fsp3) is 0.724. The Morgan fingerprint density at radius 3 is 1.89 bits per heavy atom. The van der Waals surface area contributed by atoms with Crippen LogP contribution in [-0.4, -0.2) is 70.1 Å². The van der Waals surface area contributed by atoms with E-state index in [0.29, 0.717) is 23.3 Å². The zero-order valence-corrected chi connectivity index (χ0v) is 23.0. The normalized spacial score (nSPS) is 21.2. The van der Waals surface area contributed by atoms with Gasteiger partial charge < -0.3 is 9.80 Å². The van der Waals surface area contributed by atoms with Crippen molar-refractivity contribution < 1.29 is 0 Å². The Balaban J connectivity index is 1.00. The van der Waals surface area contributed by atoms with Gasteiger partial charge in [0.1, 0.15) is 0 Å². The molecule has 5 heterocycles. The topological polar surface area (TPSA) is 61.3 Å². The molecule has 1 unspecified atom stereocenters. The smallest absolute Gasteiger partial charge is 0.225 e. The predicted molar refractivity (Wildman–Crippen MR) is 147 cm³/mol. The molecule has 196 valence electrons. The van der Waals surface area contributed by atoms with E-state index >= 15 is 0 Å². The highest BCUT2D eigenvalue weighted by Crippen LogP contribution is 2.41. The first-order chi connectivity index (χ1) is 17.3. The molecule has 2 aromatic heterocycles. The largest absolute Gasteiger partial charge is 0.341 e. The fourth-order valence-electron chi connectivity index (χ4n) is 6.13. The Morgan fingerprint density at radius 1 is 0.778 bits per heavy atom. The van der Waals surface area contributed by atoms with E-state index in [4.69, 9.17) is 9.97 Å². The monoisotopic (exact) mass is 491 g/mol. The summed E-state index contributed by atoms with van der Waals surface area (Å²) >= 11 is 0. The van der Waals surface area contributed by atoms with Gasteiger partial charge in [-0.2, -0.15) is 0 Å². The molecule has 0 aliphatic carbocycles. The van der Waals surface area contributed by atoms with Crippen molar-refractivity contribution in [2.75, 3.05) is 49.1 Å². The Kier molecular flexibility index (Phi) is 7.47. The average Bonchev–Trinajstić information content (AvgIpc) is 2.83. The van der Waals surface area contributed by atoms with E-state index < -0.39 is 0 Å². The zero-order chi connectivity index (χ0) is 25.3. The number of nitrogens with zero attached hydrogens (tertiary/aromatic N) is 7. The lowest BCUT2D eigenvalue weighted by Crippen LogP contribution is -2.73. The van der Waals surface area contributed by atoms with Crippen molar-refractivity contribution in [2.24, 2.45) is 11.3 Å². The third kappa shape index (κ3) is 5.51. The van der Waals surface area contributed by atoms with E-state index in [0.717, 1.165) is 44.0 Å². The standard InChI is InChI=1S/C29H45N7/c1-21(2)25-13-30-27(31-14-25)34-11-9-24(10-12-34)8-6-7-23(5)26-15-32-28(33-16-26)36-19-29(20-36)17-35(18-29)22(3)4/h13-16,21-24H,6-12,17-20H2,1-5H3. The van der Waals surface area contributed by atoms with Crippen LogP contribution in [0.5, 0.6) is 0 Å². The molecule has 0 N–H and O–H groups in total. The SMILES string of the molecule is CC(C)c1cnc(N2CCC(CCCC(C)c3cnc(N4CC5(C4)CN(C(C)C)C5)nc3)CC2)nc1. The van der Waals surface area contributed by atoms with Gasteiger partial charge in [-0.25, -0.2) is 19.9 Å². The van der Waals surface area contributed by atoms with Gasteiger partial charge in [-0.1, -0.05) is 33.6 Å². The lowest BCUT2D eigenvalue weighted by molar-refractivity contribution is -0.0418. The lowest BCUT2D eigenvalue weighted by Gasteiger charge is -2.61. The van der Waals surface area contributed by atoms with E-state index in [1.54, 1.807) is 0 Å². The second-order valence-electron chi connectivity index (χ2n) is 12.4. The molecule has 2 aromatic rings. The molecule has 1 spiro atoms. The van der Waals surface area contributed by atoms with E-state index in [1.165, 1.54) is 56.3 Å². The van der Waals surface area contributed by atoms with Crippen LogP contribution in [-0.2, 0) is 0 Å². The van der Waals surface area contributed by atoms with Gasteiger partial charge in [-0.3, -0.25) is 4.90 Å².